The monoisotopic (exact) mass is 359 g/mol. The quantitative estimate of drug-likeness (QED) is 0.565. The number of benzene rings is 2. The first-order valence-corrected chi connectivity index (χ1v) is 8.07. The number of esters is 1. The van der Waals surface area contributed by atoms with Crippen LogP contribution in [0.2, 0.25) is 5.02 Å². The van der Waals surface area contributed by atoms with Crippen molar-refractivity contribution in [1.82, 2.24) is 0 Å². The summed E-state index contributed by atoms with van der Waals surface area (Å²) in [4.78, 5) is 12.5. The predicted molar refractivity (Wildman–Crippen MR) is 94.1 cm³/mol. The van der Waals surface area contributed by atoms with Crippen molar-refractivity contribution < 1.29 is 19.0 Å². The summed E-state index contributed by atoms with van der Waals surface area (Å²) >= 11 is 5.84. The van der Waals surface area contributed by atoms with Gasteiger partial charge in [0, 0.05) is 11.1 Å². The van der Waals surface area contributed by atoms with E-state index in [9.17, 15) is 4.79 Å². The molecule has 0 radical (unpaired) electrons. The van der Waals surface area contributed by atoms with Crippen LogP contribution in [0.4, 0.5) is 0 Å². The fraction of sp³-hybridized carbons (Fsp3) is 0.263. The maximum atomic E-state index is 12.5. The first kappa shape index (κ1) is 18.6. The molecule has 0 aliphatic carbocycles. The zero-order valence-corrected chi connectivity index (χ0v) is 15.0. The Morgan fingerprint density at radius 1 is 1.16 bits per heavy atom. The van der Waals surface area contributed by atoms with Crippen LogP contribution in [-0.4, -0.2) is 18.2 Å². The fourth-order valence-corrected chi connectivity index (χ4v) is 2.12. The van der Waals surface area contributed by atoms with Gasteiger partial charge in [0.1, 0.15) is 5.75 Å². The molecule has 0 N–H and O–H groups in total. The average molecular weight is 360 g/mol. The highest BCUT2D eigenvalue weighted by Gasteiger charge is 2.33. The van der Waals surface area contributed by atoms with Crippen molar-refractivity contribution in [3.05, 3.63) is 53.1 Å². The molecule has 2 aromatic rings. The summed E-state index contributed by atoms with van der Waals surface area (Å²) in [6.45, 7) is 5.39. The molecule has 2 rings (SSSR count). The van der Waals surface area contributed by atoms with E-state index >= 15 is 0 Å². The van der Waals surface area contributed by atoms with Crippen molar-refractivity contribution in [2.75, 3.05) is 6.61 Å². The van der Waals surface area contributed by atoms with Gasteiger partial charge >= 0.3 is 5.97 Å². The lowest BCUT2D eigenvalue weighted by Gasteiger charge is -2.24. The molecule has 130 valence electrons. The van der Waals surface area contributed by atoms with Crippen molar-refractivity contribution >= 4 is 17.6 Å². The molecule has 0 bridgehead atoms. The first-order valence-electron chi connectivity index (χ1n) is 7.69. The van der Waals surface area contributed by atoms with Crippen molar-refractivity contribution in [3.63, 3.8) is 0 Å². The van der Waals surface area contributed by atoms with Crippen LogP contribution in [0.5, 0.6) is 17.2 Å². The lowest BCUT2D eigenvalue weighted by Crippen LogP contribution is -2.41. The normalized spacial score (nSPS) is 10.7. The summed E-state index contributed by atoms with van der Waals surface area (Å²) in [5.74, 6) is 0.472. The minimum Gasteiger partial charge on any atom is -0.490 e. The maximum Gasteiger partial charge on any atom is 0.355 e. The SMILES string of the molecule is CCOc1cc(C#N)ccc1OC(=O)C(C)(C)Oc1ccc(Cl)cc1. The summed E-state index contributed by atoms with van der Waals surface area (Å²) in [5.41, 5.74) is -0.814. The van der Waals surface area contributed by atoms with Crippen molar-refractivity contribution in [2.45, 2.75) is 26.4 Å². The van der Waals surface area contributed by atoms with Crippen LogP contribution in [0, 0.1) is 11.3 Å². The second kappa shape index (κ2) is 7.91. The van der Waals surface area contributed by atoms with E-state index in [-0.39, 0.29) is 5.75 Å². The molecule has 0 saturated carbocycles. The van der Waals surface area contributed by atoms with Gasteiger partial charge in [0.2, 0.25) is 5.60 Å². The highest BCUT2D eigenvalue weighted by molar-refractivity contribution is 6.30. The van der Waals surface area contributed by atoms with Gasteiger partial charge in [-0.05, 0) is 57.2 Å². The molecular weight excluding hydrogens is 342 g/mol. The highest BCUT2D eigenvalue weighted by atomic mass is 35.5. The van der Waals surface area contributed by atoms with Gasteiger partial charge in [-0.25, -0.2) is 4.79 Å². The van der Waals surface area contributed by atoms with Gasteiger partial charge in [-0.15, -0.1) is 0 Å². The number of carbonyl (C=O) groups excluding carboxylic acids is 1. The van der Waals surface area contributed by atoms with Gasteiger partial charge in [0.15, 0.2) is 11.5 Å². The van der Waals surface area contributed by atoms with Crippen LogP contribution in [-0.2, 0) is 4.79 Å². The number of carbonyl (C=O) groups is 1. The Morgan fingerprint density at radius 2 is 1.84 bits per heavy atom. The van der Waals surface area contributed by atoms with Gasteiger partial charge in [-0.2, -0.15) is 5.26 Å². The lowest BCUT2D eigenvalue weighted by molar-refractivity contribution is -0.149. The third-order valence-corrected chi connectivity index (χ3v) is 3.51. The molecule has 25 heavy (non-hydrogen) atoms. The van der Waals surface area contributed by atoms with Crippen molar-refractivity contribution in [1.29, 1.82) is 5.26 Å². The smallest absolute Gasteiger partial charge is 0.355 e. The number of rotatable bonds is 6. The summed E-state index contributed by atoms with van der Waals surface area (Å²) < 4.78 is 16.6. The van der Waals surface area contributed by atoms with Crippen LogP contribution in [0.15, 0.2) is 42.5 Å². The Morgan fingerprint density at radius 3 is 2.44 bits per heavy atom. The van der Waals surface area contributed by atoms with E-state index in [0.29, 0.717) is 28.7 Å². The van der Waals surface area contributed by atoms with Gasteiger partial charge in [0.05, 0.1) is 18.2 Å². The lowest BCUT2D eigenvalue weighted by atomic mass is 10.1. The molecule has 0 fully saturated rings. The Hall–Kier alpha value is -2.71. The molecule has 0 aliphatic heterocycles. The van der Waals surface area contributed by atoms with Crippen LogP contribution in [0.3, 0.4) is 0 Å². The topological polar surface area (TPSA) is 68.5 Å². The maximum absolute atomic E-state index is 12.5. The van der Waals surface area contributed by atoms with E-state index in [2.05, 4.69) is 0 Å². The molecule has 0 spiro atoms. The molecule has 0 saturated heterocycles. The largest absolute Gasteiger partial charge is 0.490 e. The Bertz CT molecular complexity index is 794. The standard InChI is InChI=1S/C19H18ClNO4/c1-4-23-17-11-13(12-21)5-10-16(17)24-18(22)19(2,3)25-15-8-6-14(20)7-9-15/h5-11H,4H2,1-3H3. The predicted octanol–water partition coefficient (Wildman–Crippen LogP) is 4.37. The zero-order chi connectivity index (χ0) is 18.4. The zero-order valence-electron chi connectivity index (χ0n) is 14.2. The van der Waals surface area contributed by atoms with E-state index in [1.807, 2.05) is 6.07 Å². The van der Waals surface area contributed by atoms with Gasteiger partial charge in [-0.1, -0.05) is 11.6 Å². The van der Waals surface area contributed by atoms with Crippen LogP contribution in [0.25, 0.3) is 0 Å². The van der Waals surface area contributed by atoms with Crippen LogP contribution < -0.4 is 14.2 Å². The number of hydrogen-bond donors (Lipinski definition) is 0. The molecule has 0 aliphatic rings. The van der Waals surface area contributed by atoms with Crippen molar-refractivity contribution in [2.24, 2.45) is 0 Å². The third kappa shape index (κ3) is 4.88. The minimum atomic E-state index is -1.23. The number of nitriles is 1. The molecule has 0 unspecified atom stereocenters. The molecule has 0 heterocycles. The highest BCUT2D eigenvalue weighted by Crippen LogP contribution is 2.30. The van der Waals surface area contributed by atoms with E-state index in [1.54, 1.807) is 51.1 Å². The van der Waals surface area contributed by atoms with E-state index in [4.69, 9.17) is 31.1 Å². The minimum absolute atomic E-state index is 0.235. The third-order valence-electron chi connectivity index (χ3n) is 3.25. The molecule has 2 aromatic carbocycles. The number of hydrogen-bond acceptors (Lipinski definition) is 5. The Kier molecular flexibility index (Phi) is 5.89. The summed E-state index contributed by atoms with van der Waals surface area (Å²) in [7, 11) is 0. The molecule has 0 atom stereocenters. The summed E-state index contributed by atoms with van der Waals surface area (Å²) in [6, 6.07) is 13.3. The Labute approximate surface area is 151 Å². The number of nitrogens with zero attached hydrogens (tertiary/aromatic N) is 1. The summed E-state index contributed by atoms with van der Waals surface area (Å²) in [6.07, 6.45) is 0. The van der Waals surface area contributed by atoms with Crippen LogP contribution in [0.1, 0.15) is 26.3 Å². The molecule has 0 aromatic heterocycles. The van der Waals surface area contributed by atoms with Crippen LogP contribution >= 0.6 is 11.6 Å². The second-order valence-corrected chi connectivity index (χ2v) is 6.10. The van der Waals surface area contributed by atoms with E-state index in [1.165, 1.54) is 12.1 Å². The summed E-state index contributed by atoms with van der Waals surface area (Å²) in [5, 5.41) is 9.55. The van der Waals surface area contributed by atoms with E-state index in [0.717, 1.165) is 0 Å². The molecule has 6 heteroatoms. The number of halogens is 1. The first-order chi connectivity index (χ1) is 11.9. The fourth-order valence-electron chi connectivity index (χ4n) is 1.99. The molecule has 5 nitrogen and oxygen atoms in total. The average Bonchev–Trinajstić information content (AvgIpc) is 2.58. The number of ether oxygens (including phenoxy) is 3. The van der Waals surface area contributed by atoms with Gasteiger partial charge in [-0.3, -0.25) is 0 Å². The Balaban J connectivity index is 2.17. The van der Waals surface area contributed by atoms with Crippen molar-refractivity contribution in [3.8, 4) is 23.3 Å². The molecular formula is C19H18ClNO4. The molecule has 0 amide bonds. The van der Waals surface area contributed by atoms with Gasteiger partial charge < -0.3 is 14.2 Å². The van der Waals surface area contributed by atoms with E-state index < -0.39 is 11.6 Å². The van der Waals surface area contributed by atoms with Gasteiger partial charge in [0.25, 0.3) is 0 Å². The second-order valence-electron chi connectivity index (χ2n) is 5.66.